The van der Waals surface area contributed by atoms with Crippen LogP contribution in [0.25, 0.3) is 0 Å². The zero-order valence-electron chi connectivity index (χ0n) is 11.8. The maximum absolute atomic E-state index is 10.4. The van der Waals surface area contributed by atoms with E-state index in [4.69, 9.17) is 34.8 Å². The lowest BCUT2D eigenvalue weighted by atomic mass is 10.1. The van der Waals surface area contributed by atoms with Gasteiger partial charge < -0.3 is 5.11 Å². The van der Waals surface area contributed by atoms with E-state index in [0.29, 0.717) is 33.7 Å². The number of aromatic nitrogens is 3. The minimum absolute atomic E-state index is 0.300. The number of halogens is 3. The fraction of sp³-hybridized carbons (Fsp3) is 0.429. The summed E-state index contributed by atoms with van der Waals surface area (Å²) >= 11 is 18.2. The molecular weight excluding hydrogens is 333 g/mol. The molecule has 1 N–H and O–H groups in total. The molecule has 0 saturated heterocycles. The summed E-state index contributed by atoms with van der Waals surface area (Å²) in [6.45, 7) is 4.65. The second-order valence-corrected chi connectivity index (χ2v) is 5.84. The summed E-state index contributed by atoms with van der Waals surface area (Å²) in [7, 11) is 0. The highest BCUT2D eigenvalue weighted by atomic mass is 35.5. The van der Waals surface area contributed by atoms with E-state index in [1.807, 2.05) is 13.8 Å². The fourth-order valence-corrected chi connectivity index (χ4v) is 3.01. The first-order valence-electron chi connectivity index (χ1n) is 6.70. The molecule has 114 valence electrons. The smallest absolute Gasteiger partial charge is 0.103 e. The van der Waals surface area contributed by atoms with Crippen molar-refractivity contribution < 1.29 is 5.11 Å². The van der Waals surface area contributed by atoms with Crippen molar-refractivity contribution in [3.05, 3.63) is 44.4 Å². The molecule has 0 aliphatic rings. The Labute approximate surface area is 138 Å². The van der Waals surface area contributed by atoms with E-state index in [1.54, 1.807) is 10.7 Å². The Morgan fingerprint density at radius 1 is 1.29 bits per heavy atom. The third-order valence-corrected chi connectivity index (χ3v) is 4.18. The molecule has 7 heteroatoms. The molecule has 1 unspecified atom stereocenters. The molecule has 2 aromatic heterocycles. The quantitative estimate of drug-likeness (QED) is 0.885. The fourth-order valence-electron chi connectivity index (χ4n) is 2.16. The van der Waals surface area contributed by atoms with Crippen LogP contribution >= 0.6 is 34.8 Å². The van der Waals surface area contributed by atoms with E-state index in [9.17, 15) is 5.11 Å². The second kappa shape index (κ2) is 6.97. The number of aryl methyl sites for hydroxylation is 2. The lowest BCUT2D eigenvalue weighted by Gasteiger charge is -2.13. The van der Waals surface area contributed by atoms with Gasteiger partial charge in [0.2, 0.25) is 0 Å². The number of rotatable bonds is 5. The van der Waals surface area contributed by atoms with Gasteiger partial charge in [-0.25, -0.2) is 0 Å². The van der Waals surface area contributed by atoms with Gasteiger partial charge >= 0.3 is 0 Å². The lowest BCUT2D eigenvalue weighted by Crippen LogP contribution is -2.10. The third kappa shape index (κ3) is 3.51. The van der Waals surface area contributed by atoms with Crippen LogP contribution in [0.2, 0.25) is 15.1 Å². The molecule has 0 aliphatic heterocycles. The summed E-state index contributed by atoms with van der Waals surface area (Å²) < 4.78 is 1.80. The van der Waals surface area contributed by atoms with Crippen molar-refractivity contribution >= 4 is 34.8 Å². The molecule has 21 heavy (non-hydrogen) atoms. The van der Waals surface area contributed by atoms with Crippen molar-refractivity contribution in [1.29, 1.82) is 0 Å². The SMILES string of the molecule is CCc1nn(CC)c(CC(O)c2ncc(Cl)cc2Cl)c1Cl. The van der Waals surface area contributed by atoms with Crippen molar-refractivity contribution in [3.8, 4) is 0 Å². The Morgan fingerprint density at radius 3 is 2.57 bits per heavy atom. The van der Waals surface area contributed by atoms with Crippen LogP contribution in [0.5, 0.6) is 0 Å². The van der Waals surface area contributed by atoms with E-state index in [-0.39, 0.29) is 0 Å². The van der Waals surface area contributed by atoms with Gasteiger partial charge in [0.15, 0.2) is 0 Å². The molecule has 0 radical (unpaired) electrons. The molecule has 0 bridgehead atoms. The Balaban J connectivity index is 2.31. The molecule has 0 aliphatic carbocycles. The minimum atomic E-state index is -0.862. The predicted octanol–water partition coefficient (Wildman–Crippen LogP) is 4.10. The number of hydrogen-bond acceptors (Lipinski definition) is 3. The average molecular weight is 349 g/mol. The molecule has 0 spiro atoms. The Morgan fingerprint density at radius 2 is 2.00 bits per heavy atom. The standard InChI is InChI=1S/C14H16Cl3N3O/c1-3-10-13(17)11(20(4-2)19-10)6-12(21)14-9(16)5-8(15)7-18-14/h5,7,12,21H,3-4,6H2,1-2H3. The normalized spacial score (nSPS) is 12.7. The van der Waals surface area contributed by atoms with Crippen LogP contribution in [0.3, 0.4) is 0 Å². The predicted molar refractivity (Wildman–Crippen MR) is 85.2 cm³/mol. The van der Waals surface area contributed by atoms with Crippen molar-refractivity contribution in [2.45, 2.75) is 39.3 Å². The summed E-state index contributed by atoms with van der Waals surface area (Å²) in [5.41, 5.74) is 2.01. The van der Waals surface area contributed by atoms with Crippen molar-refractivity contribution in [3.63, 3.8) is 0 Å². The average Bonchev–Trinajstić information content (AvgIpc) is 2.75. The number of nitrogens with zero attached hydrogens (tertiary/aromatic N) is 3. The summed E-state index contributed by atoms with van der Waals surface area (Å²) in [4.78, 5) is 4.10. The van der Waals surface area contributed by atoms with E-state index in [0.717, 1.165) is 17.8 Å². The Bertz CT molecular complexity index is 643. The highest BCUT2D eigenvalue weighted by Gasteiger charge is 2.21. The highest BCUT2D eigenvalue weighted by molar-refractivity contribution is 6.34. The van der Waals surface area contributed by atoms with Crippen molar-refractivity contribution in [2.24, 2.45) is 0 Å². The van der Waals surface area contributed by atoms with E-state index in [2.05, 4.69) is 10.1 Å². The largest absolute Gasteiger partial charge is 0.386 e. The monoisotopic (exact) mass is 347 g/mol. The summed E-state index contributed by atoms with van der Waals surface area (Å²) in [5, 5.41) is 16.2. The zero-order chi connectivity index (χ0) is 15.6. The van der Waals surface area contributed by atoms with Crippen LogP contribution in [-0.2, 0) is 19.4 Å². The number of hydrogen-bond donors (Lipinski definition) is 1. The van der Waals surface area contributed by atoms with Gasteiger partial charge in [-0.1, -0.05) is 41.7 Å². The molecule has 2 heterocycles. The number of pyridine rings is 1. The minimum Gasteiger partial charge on any atom is -0.386 e. The molecule has 0 amide bonds. The zero-order valence-corrected chi connectivity index (χ0v) is 14.0. The van der Waals surface area contributed by atoms with Gasteiger partial charge in [0, 0.05) is 19.2 Å². The van der Waals surface area contributed by atoms with E-state index in [1.165, 1.54) is 6.20 Å². The van der Waals surface area contributed by atoms with Gasteiger partial charge in [-0.3, -0.25) is 9.67 Å². The summed E-state index contributed by atoms with van der Waals surface area (Å²) in [6.07, 6.45) is 1.64. The summed E-state index contributed by atoms with van der Waals surface area (Å²) in [6, 6.07) is 1.56. The van der Waals surface area contributed by atoms with Gasteiger partial charge in [0.1, 0.15) is 6.10 Å². The van der Waals surface area contributed by atoms with Gasteiger partial charge in [0.05, 0.1) is 32.1 Å². The maximum atomic E-state index is 10.4. The van der Waals surface area contributed by atoms with Gasteiger partial charge in [0.25, 0.3) is 0 Å². The molecular formula is C14H16Cl3N3O. The Hall–Kier alpha value is -0.810. The van der Waals surface area contributed by atoms with Crippen molar-refractivity contribution in [2.75, 3.05) is 0 Å². The van der Waals surface area contributed by atoms with Crippen LogP contribution in [0.4, 0.5) is 0 Å². The first-order valence-corrected chi connectivity index (χ1v) is 7.84. The van der Waals surface area contributed by atoms with Gasteiger partial charge in [-0.2, -0.15) is 5.10 Å². The molecule has 4 nitrogen and oxygen atoms in total. The molecule has 1 atom stereocenters. The molecule has 0 fully saturated rings. The maximum Gasteiger partial charge on any atom is 0.103 e. The first kappa shape index (κ1) is 16.6. The highest BCUT2D eigenvalue weighted by Crippen LogP contribution is 2.29. The van der Waals surface area contributed by atoms with Crippen LogP contribution in [0.1, 0.15) is 37.0 Å². The number of aliphatic hydroxyl groups excluding tert-OH is 1. The first-order chi connectivity index (χ1) is 9.97. The van der Waals surface area contributed by atoms with Crippen LogP contribution in [-0.4, -0.2) is 19.9 Å². The van der Waals surface area contributed by atoms with Crippen LogP contribution < -0.4 is 0 Å². The summed E-state index contributed by atoms with van der Waals surface area (Å²) in [5.74, 6) is 0. The van der Waals surface area contributed by atoms with E-state index >= 15 is 0 Å². The van der Waals surface area contributed by atoms with Crippen LogP contribution in [0.15, 0.2) is 12.3 Å². The Kier molecular flexibility index (Phi) is 5.49. The second-order valence-electron chi connectivity index (χ2n) is 4.62. The van der Waals surface area contributed by atoms with Crippen LogP contribution in [0, 0.1) is 0 Å². The topological polar surface area (TPSA) is 50.9 Å². The molecule has 2 aromatic rings. The molecule has 0 aromatic carbocycles. The van der Waals surface area contributed by atoms with Gasteiger partial charge in [-0.15, -0.1) is 0 Å². The lowest BCUT2D eigenvalue weighted by molar-refractivity contribution is 0.171. The molecule has 2 rings (SSSR count). The molecule has 0 saturated carbocycles. The number of aliphatic hydroxyl groups is 1. The van der Waals surface area contributed by atoms with Crippen molar-refractivity contribution in [1.82, 2.24) is 14.8 Å². The third-order valence-electron chi connectivity index (χ3n) is 3.23. The van der Waals surface area contributed by atoms with E-state index < -0.39 is 6.10 Å². The van der Waals surface area contributed by atoms with Gasteiger partial charge in [-0.05, 0) is 19.4 Å².